The molecule has 9 heteroatoms. The summed E-state index contributed by atoms with van der Waals surface area (Å²) in [5.41, 5.74) is -0.657. The Bertz CT molecular complexity index is 704. The van der Waals surface area contributed by atoms with Crippen LogP contribution in [-0.4, -0.2) is 64.7 Å². The number of anilines is 1. The van der Waals surface area contributed by atoms with Gasteiger partial charge in [-0.15, -0.1) is 0 Å². The summed E-state index contributed by atoms with van der Waals surface area (Å²) < 4.78 is 9.82. The van der Waals surface area contributed by atoms with Crippen molar-refractivity contribution in [2.24, 2.45) is 0 Å². The Kier molecular flexibility index (Phi) is 3.86. The average molecular weight is 334 g/mol. The summed E-state index contributed by atoms with van der Waals surface area (Å²) in [4.78, 5) is 46.6. The maximum Gasteiger partial charge on any atom is 0.410 e. The molecule has 9 nitrogen and oxygen atoms in total. The van der Waals surface area contributed by atoms with Gasteiger partial charge in [0.05, 0.1) is 6.20 Å². The van der Waals surface area contributed by atoms with Crippen molar-refractivity contribution in [3.8, 4) is 0 Å². The lowest BCUT2D eigenvalue weighted by Crippen LogP contribution is -2.50. The van der Waals surface area contributed by atoms with Gasteiger partial charge >= 0.3 is 18.0 Å². The van der Waals surface area contributed by atoms with Gasteiger partial charge in [-0.05, 0) is 20.8 Å². The molecule has 0 spiro atoms. The van der Waals surface area contributed by atoms with Crippen LogP contribution >= 0.6 is 0 Å². The third-order valence-corrected chi connectivity index (χ3v) is 3.59. The van der Waals surface area contributed by atoms with Crippen molar-refractivity contribution >= 4 is 23.8 Å². The lowest BCUT2D eigenvalue weighted by Gasteiger charge is -2.36. The van der Waals surface area contributed by atoms with Crippen LogP contribution in [0.2, 0.25) is 0 Å². The topological polar surface area (TPSA) is 102 Å². The first-order valence-corrected chi connectivity index (χ1v) is 7.61. The van der Waals surface area contributed by atoms with E-state index >= 15 is 0 Å². The molecule has 1 saturated heterocycles. The number of esters is 2. The van der Waals surface area contributed by atoms with E-state index < -0.39 is 17.5 Å². The Morgan fingerprint density at radius 1 is 1.12 bits per heavy atom. The average Bonchev–Trinajstić information content (AvgIpc) is 2.80. The Balaban J connectivity index is 1.66. The quantitative estimate of drug-likeness (QED) is 0.550. The van der Waals surface area contributed by atoms with E-state index in [2.05, 4.69) is 14.7 Å². The predicted octanol–water partition coefficient (Wildman–Crippen LogP) is 0.844. The van der Waals surface area contributed by atoms with Gasteiger partial charge in [-0.3, -0.25) is 0 Å². The Morgan fingerprint density at radius 3 is 2.38 bits per heavy atom. The van der Waals surface area contributed by atoms with Gasteiger partial charge in [-0.2, -0.15) is 0 Å². The zero-order chi connectivity index (χ0) is 17.5. The van der Waals surface area contributed by atoms with Crippen LogP contribution < -0.4 is 4.90 Å². The number of ether oxygens (including phenoxy) is 2. The number of fused-ring (bicyclic) bond motifs is 1. The molecule has 0 unspecified atom stereocenters. The van der Waals surface area contributed by atoms with Crippen molar-refractivity contribution in [1.29, 1.82) is 0 Å². The minimum Gasteiger partial charge on any atom is -0.444 e. The van der Waals surface area contributed by atoms with Gasteiger partial charge in [-0.25, -0.2) is 24.4 Å². The molecular formula is C15H18N4O5. The minimum atomic E-state index is -0.781. The smallest absolute Gasteiger partial charge is 0.410 e. The number of carbonyl (C=O) groups excluding carboxylic acids is 3. The van der Waals surface area contributed by atoms with E-state index in [4.69, 9.17) is 4.74 Å². The molecule has 0 N–H and O–H groups in total. The molecule has 1 amide bonds. The maximum absolute atomic E-state index is 12.0. The first-order valence-electron chi connectivity index (χ1n) is 7.61. The van der Waals surface area contributed by atoms with Gasteiger partial charge in [0.2, 0.25) is 0 Å². The van der Waals surface area contributed by atoms with Crippen molar-refractivity contribution < 1.29 is 23.9 Å². The Morgan fingerprint density at radius 2 is 1.75 bits per heavy atom. The molecule has 3 rings (SSSR count). The normalized spacial score (nSPS) is 17.6. The Hall–Kier alpha value is -2.71. The van der Waals surface area contributed by atoms with Crippen molar-refractivity contribution in [2.75, 3.05) is 31.1 Å². The molecule has 24 heavy (non-hydrogen) atoms. The summed E-state index contributed by atoms with van der Waals surface area (Å²) in [5.74, 6) is -1.08. The summed E-state index contributed by atoms with van der Waals surface area (Å²) >= 11 is 0. The van der Waals surface area contributed by atoms with Gasteiger partial charge in [0.1, 0.15) is 11.4 Å². The number of nitrogens with zero attached hydrogens (tertiary/aromatic N) is 4. The third-order valence-electron chi connectivity index (χ3n) is 3.59. The molecule has 1 aromatic rings. The summed E-state index contributed by atoms with van der Waals surface area (Å²) in [7, 11) is 0. The molecule has 0 saturated carbocycles. The molecule has 3 heterocycles. The summed E-state index contributed by atoms with van der Waals surface area (Å²) in [6.45, 7) is 7.45. The van der Waals surface area contributed by atoms with Crippen LogP contribution in [0.25, 0.3) is 0 Å². The first kappa shape index (κ1) is 16.2. The second kappa shape index (κ2) is 5.73. The molecular weight excluding hydrogens is 316 g/mol. The third kappa shape index (κ3) is 3.15. The molecule has 2 aliphatic rings. The van der Waals surface area contributed by atoms with E-state index in [0.717, 1.165) is 0 Å². The number of carbonyl (C=O) groups is 3. The van der Waals surface area contributed by atoms with E-state index in [-0.39, 0.29) is 17.5 Å². The molecule has 1 fully saturated rings. The summed E-state index contributed by atoms with van der Waals surface area (Å²) in [6, 6.07) is 0. The number of aromatic nitrogens is 2. The molecule has 2 aliphatic heterocycles. The van der Waals surface area contributed by atoms with Crippen molar-refractivity contribution in [3.63, 3.8) is 0 Å². The number of amides is 1. The van der Waals surface area contributed by atoms with Crippen LogP contribution in [-0.2, 0) is 9.47 Å². The monoisotopic (exact) mass is 334 g/mol. The summed E-state index contributed by atoms with van der Waals surface area (Å²) in [5, 5.41) is 0. The zero-order valence-corrected chi connectivity index (χ0v) is 13.7. The molecule has 128 valence electrons. The van der Waals surface area contributed by atoms with E-state index in [0.29, 0.717) is 32.0 Å². The highest BCUT2D eigenvalue weighted by Crippen LogP contribution is 2.21. The van der Waals surface area contributed by atoms with Crippen LogP contribution in [0.5, 0.6) is 0 Å². The van der Waals surface area contributed by atoms with Crippen LogP contribution in [0.4, 0.5) is 10.6 Å². The van der Waals surface area contributed by atoms with Gasteiger partial charge in [0.15, 0.2) is 11.4 Å². The van der Waals surface area contributed by atoms with E-state index in [1.54, 1.807) is 4.90 Å². The zero-order valence-electron chi connectivity index (χ0n) is 13.7. The van der Waals surface area contributed by atoms with E-state index in [9.17, 15) is 14.4 Å². The number of hydrogen-bond acceptors (Lipinski definition) is 8. The van der Waals surface area contributed by atoms with Crippen molar-refractivity contribution in [2.45, 2.75) is 26.4 Å². The van der Waals surface area contributed by atoms with Crippen molar-refractivity contribution in [1.82, 2.24) is 14.9 Å². The molecule has 0 aliphatic carbocycles. The fourth-order valence-electron chi connectivity index (χ4n) is 2.45. The largest absolute Gasteiger partial charge is 0.444 e. The Labute approximate surface area is 138 Å². The van der Waals surface area contributed by atoms with Gasteiger partial charge < -0.3 is 19.3 Å². The minimum absolute atomic E-state index is 0.0591. The molecule has 0 bridgehead atoms. The predicted molar refractivity (Wildman–Crippen MR) is 81.8 cm³/mol. The maximum atomic E-state index is 12.0. The highest BCUT2D eigenvalue weighted by atomic mass is 16.6. The number of rotatable bonds is 1. The number of piperazine rings is 1. The molecule has 0 radical (unpaired) electrons. The second-order valence-electron chi connectivity index (χ2n) is 6.56. The highest BCUT2D eigenvalue weighted by Gasteiger charge is 2.34. The summed E-state index contributed by atoms with van der Waals surface area (Å²) in [6.07, 6.45) is 1.08. The fraction of sp³-hybridized carbons (Fsp3) is 0.533. The van der Waals surface area contributed by atoms with Crippen LogP contribution in [0.15, 0.2) is 6.20 Å². The standard InChI is InChI=1S/C15H18N4O5/c1-15(2,3)24-14(22)19-6-4-18(5-7-19)9-8-16-10-11(17-9)13(21)23-12(10)20/h8H,4-7H2,1-3H3. The molecule has 0 atom stereocenters. The van der Waals surface area contributed by atoms with Crippen LogP contribution in [0, 0.1) is 0 Å². The molecule has 0 aromatic carbocycles. The fourth-order valence-corrected chi connectivity index (χ4v) is 2.45. The van der Waals surface area contributed by atoms with E-state index in [1.807, 2.05) is 25.7 Å². The van der Waals surface area contributed by atoms with Gasteiger partial charge in [0, 0.05) is 26.2 Å². The lowest BCUT2D eigenvalue weighted by atomic mass is 10.2. The molecule has 1 aromatic heterocycles. The highest BCUT2D eigenvalue weighted by molar-refractivity contribution is 6.12. The van der Waals surface area contributed by atoms with Gasteiger partial charge in [0.25, 0.3) is 0 Å². The van der Waals surface area contributed by atoms with Crippen LogP contribution in [0.1, 0.15) is 41.7 Å². The number of hydrogen-bond donors (Lipinski definition) is 0. The second-order valence-corrected chi connectivity index (χ2v) is 6.56. The van der Waals surface area contributed by atoms with E-state index in [1.165, 1.54) is 6.20 Å². The van der Waals surface area contributed by atoms with Gasteiger partial charge in [-0.1, -0.05) is 0 Å². The van der Waals surface area contributed by atoms with Crippen LogP contribution in [0.3, 0.4) is 0 Å². The number of cyclic esters (lactones) is 2. The lowest BCUT2D eigenvalue weighted by molar-refractivity contribution is 0.0239. The SMILES string of the molecule is CC(C)(C)OC(=O)N1CCN(c2cnc3c(n2)C(=O)OC3=O)CC1. The first-order chi connectivity index (χ1) is 11.2. The van der Waals surface area contributed by atoms with Crippen molar-refractivity contribution in [3.05, 3.63) is 17.6 Å².